The van der Waals surface area contributed by atoms with E-state index in [1.165, 1.54) is 0 Å². The van der Waals surface area contributed by atoms with E-state index in [0.717, 1.165) is 41.7 Å². The van der Waals surface area contributed by atoms with Gasteiger partial charge in [-0.15, -0.1) is 0 Å². The Morgan fingerprint density at radius 3 is 2.62 bits per heavy atom. The molecule has 3 heterocycles. The number of unbranched alkanes of at least 4 members (excludes halogenated alkanes) is 1. The minimum atomic E-state index is 0.692. The van der Waals surface area contributed by atoms with Crippen molar-refractivity contribution in [1.29, 1.82) is 0 Å². The van der Waals surface area contributed by atoms with Gasteiger partial charge in [-0.25, -0.2) is 9.97 Å². The van der Waals surface area contributed by atoms with E-state index in [0.29, 0.717) is 5.82 Å². The van der Waals surface area contributed by atoms with Gasteiger partial charge in [0.05, 0.1) is 11.7 Å². The van der Waals surface area contributed by atoms with Gasteiger partial charge in [-0.2, -0.15) is 0 Å². The van der Waals surface area contributed by atoms with Gasteiger partial charge in [-0.1, -0.05) is 13.3 Å². The van der Waals surface area contributed by atoms with Gasteiger partial charge in [0.1, 0.15) is 5.82 Å². The standard InChI is InChI=1S/C16H17N5/c1-2-3-7-19-16-13-6-10-18-11-14(13)20-15(21-16)12-4-8-17-9-5-12/h4-6,8-11H,2-3,7H2,1H3,(H,19,20,21). The van der Waals surface area contributed by atoms with E-state index in [1.54, 1.807) is 24.8 Å². The molecule has 0 unspecified atom stereocenters. The highest BCUT2D eigenvalue weighted by Gasteiger charge is 2.08. The van der Waals surface area contributed by atoms with Crippen LogP contribution in [0.2, 0.25) is 0 Å². The Kier molecular flexibility index (Phi) is 4.00. The van der Waals surface area contributed by atoms with Crippen LogP contribution < -0.4 is 5.32 Å². The average molecular weight is 279 g/mol. The van der Waals surface area contributed by atoms with E-state index in [9.17, 15) is 0 Å². The summed E-state index contributed by atoms with van der Waals surface area (Å²) in [7, 11) is 0. The number of pyridine rings is 2. The topological polar surface area (TPSA) is 63.6 Å². The van der Waals surface area contributed by atoms with Crippen LogP contribution in [0.4, 0.5) is 5.82 Å². The van der Waals surface area contributed by atoms with Gasteiger partial charge < -0.3 is 5.32 Å². The molecule has 0 aliphatic carbocycles. The van der Waals surface area contributed by atoms with E-state index in [-0.39, 0.29) is 0 Å². The van der Waals surface area contributed by atoms with Gasteiger partial charge >= 0.3 is 0 Å². The van der Waals surface area contributed by atoms with Gasteiger partial charge in [0.2, 0.25) is 0 Å². The maximum atomic E-state index is 4.67. The van der Waals surface area contributed by atoms with Crippen LogP contribution in [-0.4, -0.2) is 26.5 Å². The summed E-state index contributed by atoms with van der Waals surface area (Å²) in [4.78, 5) is 17.4. The molecular weight excluding hydrogens is 262 g/mol. The van der Waals surface area contributed by atoms with E-state index in [4.69, 9.17) is 0 Å². The van der Waals surface area contributed by atoms with Gasteiger partial charge in [0.15, 0.2) is 5.82 Å². The van der Waals surface area contributed by atoms with E-state index in [1.807, 2.05) is 18.2 Å². The lowest BCUT2D eigenvalue weighted by molar-refractivity contribution is 0.832. The summed E-state index contributed by atoms with van der Waals surface area (Å²) < 4.78 is 0. The zero-order chi connectivity index (χ0) is 14.5. The smallest absolute Gasteiger partial charge is 0.162 e. The third-order valence-corrected chi connectivity index (χ3v) is 3.26. The van der Waals surface area contributed by atoms with Crippen molar-refractivity contribution in [3.63, 3.8) is 0 Å². The molecule has 5 heteroatoms. The van der Waals surface area contributed by atoms with Crippen LogP contribution in [0.25, 0.3) is 22.3 Å². The summed E-state index contributed by atoms with van der Waals surface area (Å²) >= 11 is 0. The molecule has 106 valence electrons. The van der Waals surface area contributed by atoms with Crippen LogP contribution in [0, 0.1) is 0 Å². The number of aromatic nitrogens is 4. The second-order valence-corrected chi connectivity index (χ2v) is 4.80. The molecule has 1 N–H and O–H groups in total. The second-order valence-electron chi connectivity index (χ2n) is 4.80. The Bertz CT molecular complexity index is 727. The van der Waals surface area contributed by atoms with Crippen molar-refractivity contribution in [3.8, 4) is 11.4 Å². The lowest BCUT2D eigenvalue weighted by Gasteiger charge is -2.10. The first-order valence-corrected chi connectivity index (χ1v) is 7.14. The summed E-state index contributed by atoms with van der Waals surface area (Å²) in [6.07, 6.45) is 9.29. The lowest BCUT2D eigenvalue weighted by Crippen LogP contribution is -2.05. The normalized spacial score (nSPS) is 10.7. The molecular formula is C16H17N5. The number of nitrogens with one attached hydrogen (secondary N) is 1. The molecule has 5 nitrogen and oxygen atoms in total. The Labute approximate surface area is 123 Å². The van der Waals surface area contributed by atoms with Crippen molar-refractivity contribution in [2.24, 2.45) is 0 Å². The SMILES string of the molecule is CCCCNc1nc(-c2ccncc2)nc2cnccc12. The molecule has 0 bridgehead atoms. The minimum absolute atomic E-state index is 0.692. The molecule has 0 aliphatic heterocycles. The highest BCUT2D eigenvalue weighted by atomic mass is 15.0. The predicted molar refractivity (Wildman–Crippen MR) is 84.0 cm³/mol. The number of rotatable bonds is 5. The molecule has 3 aromatic rings. The summed E-state index contributed by atoms with van der Waals surface area (Å²) in [5.41, 5.74) is 1.80. The fraction of sp³-hybridized carbons (Fsp3) is 0.250. The van der Waals surface area contributed by atoms with Crippen LogP contribution in [0.5, 0.6) is 0 Å². The quantitative estimate of drug-likeness (QED) is 0.726. The van der Waals surface area contributed by atoms with E-state index < -0.39 is 0 Å². The van der Waals surface area contributed by atoms with Crippen LogP contribution in [0.3, 0.4) is 0 Å². The average Bonchev–Trinajstić information content (AvgIpc) is 2.55. The van der Waals surface area contributed by atoms with Gasteiger partial charge in [-0.05, 0) is 24.6 Å². The largest absolute Gasteiger partial charge is 0.369 e. The molecule has 0 aromatic carbocycles. The van der Waals surface area contributed by atoms with Crippen LogP contribution in [0.1, 0.15) is 19.8 Å². The first-order valence-electron chi connectivity index (χ1n) is 7.14. The third-order valence-electron chi connectivity index (χ3n) is 3.26. The first-order chi connectivity index (χ1) is 10.4. The Balaban J connectivity index is 2.06. The van der Waals surface area contributed by atoms with Crippen molar-refractivity contribution < 1.29 is 0 Å². The van der Waals surface area contributed by atoms with Gasteiger partial charge in [0.25, 0.3) is 0 Å². The second kappa shape index (κ2) is 6.26. The minimum Gasteiger partial charge on any atom is -0.369 e. The summed E-state index contributed by atoms with van der Waals surface area (Å²) in [6, 6.07) is 5.76. The van der Waals surface area contributed by atoms with Crippen LogP contribution >= 0.6 is 0 Å². The van der Waals surface area contributed by atoms with E-state index in [2.05, 4.69) is 32.2 Å². The van der Waals surface area contributed by atoms with E-state index >= 15 is 0 Å². The molecule has 0 saturated heterocycles. The molecule has 0 spiro atoms. The molecule has 0 saturated carbocycles. The molecule has 21 heavy (non-hydrogen) atoms. The highest BCUT2D eigenvalue weighted by Crippen LogP contribution is 2.23. The summed E-state index contributed by atoms with van der Waals surface area (Å²) in [5.74, 6) is 1.56. The number of hydrogen-bond acceptors (Lipinski definition) is 5. The van der Waals surface area contributed by atoms with Gasteiger partial charge in [0, 0.05) is 36.1 Å². The van der Waals surface area contributed by atoms with Crippen molar-refractivity contribution in [1.82, 2.24) is 19.9 Å². The fourth-order valence-electron chi connectivity index (χ4n) is 2.13. The number of nitrogens with zero attached hydrogens (tertiary/aromatic N) is 4. The number of anilines is 1. The monoisotopic (exact) mass is 279 g/mol. The number of fused-ring (bicyclic) bond motifs is 1. The Hall–Kier alpha value is -2.56. The fourth-order valence-corrected chi connectivity index (χ4v) is 2.13. The maximum absolute atomic E-state index is 4.67. The predicted octanol–water partition coefficient (Wildman–Crippen LogP) is 3.30. The van der Waals surface area contributed by atoms with Crippen molar-refractivity contribution in [3.05, 3.63) is 43.0 Å². The van der Waals surface area contributed by atoms with Crippen molar-refractivity contribution in [2.45, 2.75) is 19.8 Å². The Morgan fingerprint density at radius 1 is 1.00 bits per heavy atom. The third kappa shape index (κ3) is 2.97. The molecule has 0 radical (unpaired) electrons. The highest BCUT2D eigenvalue weighted by molar-refractivity contribution is 5.89. The lowest BCUT2D eigenvalue weighted by atomic mass is 10.2. The van der Waals surface area contributed by atoms with Crippen molar-refractivity contribution in [2.75, 3.05) is 11.9 Å². The molecule has 3 rings (SSSR count). The van der Waals surface area contributed by atoms with Crippen LogP contribution in [0.15, 0.2) is 43.0 Å². The molecule has 3 aromatic heterocycles. The maximum Gasteiger partial charge on any atom is 0.162 e. The van der Waals surface area contributed by atoms with Gasteiger partial charge in [-0.3, -0.25) is 9.97 Å². The molecule has 0 atom stereocenters. The summed E-state index contributed by atoms with van der Waals surface area (Å²) in [6.45, 7) is 3.08. The Morgan fingerprint density at radius 2 is 1.81 bits per heavy atom. The zero-order valence-corrected chi connectivity index (χ0v) is 12.0. The number of hydrogen-bond donors (Lipinski definition) is 1. The molecule has 0 aliphatic rings. The zero-order valence-electron chi connectivity index (χ0n) is 12.0. The summed E-state index contributed by atoms with van der Waals surface area (Å²) in [5, 5.41) is 4.40. The van der Waals surface area contributed by atoms with Crippen LogP contribution in [-0.2, 0) is 0 Å². The first kappa shape index (κ1) is 13.4. The molecule has 0 fully saturated rings. The molecule has 0 amide bonds. The van der Waals surface area contributed by atoms with Crippen molar-refractivity contribution >= 4 is 16.7 Å².